The van der Waals surface area contributed by atoms with E-state index in [9.17, 15) is 18.0 Å². The smallest absolute Gasteiger partial charge is 0.493 e. The van der Waals surface area contributed by atoms with Gasteiger partial charge in [0.05, 0.1) is 21.2 Å². The number of carbonyl (C=O) groups excluding carboxylic acids is 2. The lowest BCUT2D eigenvalue weighted by Gasteiger charge is -2.19. The van der Waals surface area contributed by atoms with Gasteiger partial charge in [-0.2, -0.15) is 18.1 Å². The van der Waals surface area contributed by atoms with Crippen molar-refractivity contribution in [1.82, 2.24) is 4.90 Å². The summed E-state index contributed by atoms with van der Waals surface area (Å²) in [5.74, 6) is -0.696. The topological polar surface area (TPSA) is 93.0 Å². The summed E-state index contributed by atoms with van der Waals surface area (Å²) in [6, 6.07) is 5.54. The summed E-state index contributed by atoms with van der Waals surface area (Å²) < 4.78 is 35.7. The SMILES string of the molecule is COc1ccccc1OS(=O)(=O)C1C=[N+](C)C(=O)N(C)C1=O. The Morgan fingerprint density at radius 1 is 1.18 bits per heavy atom. The fourth-order valence-corrected chi connectivity index (χ4v) is 3.14. The van der Waals surface area contributed by atoms with Crippen LogP contribution in [-0.4, -0.2) is 62.5 Å². The second-order valence-corrected chi connectivity index (χ2v) is 6.25. The average Bonchev–Trinajstić information content (AvgIpc) is 2.48. The Hall–Kier alpha value is -2.42. The summed E-state index contributed by atoms with van der Waals surface area (Å²) >= 11 is 0. The first-order valence-corrected chi connectivity index (χ1v) is 7.70. The highest BCUT2D eigenvalue weighted by atomic mass is 32.2. The number of ether oxygens (including phenoxy) is 1. The van der Waals surface area contributed by atoms with E-state index in [1.807, 2.05) is 0 Å². The van der Waals surface area contributed by atoms with Crippen molar-refractivity contribution >= 4 is 28.3 Å². The number of para-hydroxylation sites is 2. The third-order valence-electron chi connectivity index (χ3n) is 3.11. The largest absolute Gasteiger partial charge is 0.500 e. The quantitative estimate of drug-likeness (QED) is 0.574. The van der Waals surface area contributed by atoms with Crippen molar-refractivity contribution in [2.75, 3.05) is 21.2 Å². The number of carbonyl (C=O) groups is 2. The van der Waals surface area contributed by atoms with Crippen LogP contribution in [0.4, 0.5) is 4.79 Å². The van der Waals surface area contributed by atoms with Crippen LogP contribution in [0, 0.1) is 0 Å². The lowest BCUT2D eigenvalue weighted by molar-refractivity contribution is -0.399. The third-order valence-corrected chi connectivity index (χ3v) is 4.46. The number of rotatable bonds is 4. The van der Waals surface area contributed by atoms with Crippen LogP contribution in [0.25, 0.3) is 0 Å². The molecule has 0 bridgehead atoms. The Morgan fingerprint density at radius 3 is 2.36 bits per heavy atom. The lowest BCUT2D eigenvalue weighted by atomic mass is 10.3. The Morgan fingerprint density at radius 2 is 1.77 bits per heavy atom. The lowest BCUT2D eigenvalue weighted by Crippen LogP contribution is -2.54. The van der Waals surface area contributed by atoms with E-state index in [4.69, 9.17) is 8.92 Å². The number of amides is 3. The third kappa shape index (κ3) is 2.80. The minimum atomic E-state index is -4.33. The Labute approximate surface area is 127 Å². The van der Waals surface area contributed by atoms with Crippen LogP contribution in [0.15, 0.2) is 24.3 Å². The highest BCUT2D eigenvalue weighted by Crippen LogP contribution is 2.28. The molecular formula is C13H15N2O6S+. The number of hydrogen-bond donors (Lipinski definition) is 0. The molecule has 1 unspecified atom stereocenters. The average molecular weight is 327 g/mol. The Balaban J connectivity index is 2.39. The van der Waals surface area contributed by atoms with Crippen molar-refractivity contribution in [3.05, 3.63) is 24.3 Å². The molecule has 1 atom stereocenters. The van der Waals surface area contributed by atoms with Crippen molar-refractivity contribution in [2.24, 2.45) is 0 Å². The van der Waals surface area contributed by atoms with Crippen molar-refractivity contribution < 1.29 is 31.5 Å². The summed E-state index contributed by atoms with van der Waals surface area (Å²) in [6.07, 6.45) is 1.01. The Kier molecular flexibility index (Phi) is 4.18. The monoisotopic (exact) mass is 327 g/mol. The summed E-state index contributed by atoms with van der Waals surface area (Å²) in [5.41, 5.74) is 0. The summed E-state index contributed by atoms with van der Waals surface area (Å²) in [6.45, 7) is 0. The summed E-state index contributed by atoms with van der Waals surface area (Å²) in [4.78, 5) is 24.4. The molecule has 8 nitrogen and oxygen atoms in total. The molecule has 0 fully saturated rings. The first-order valence-electron chi connectivity index (χ1n) is 6.23. The molecule has 0 N–H and O–H groups in total. The van der Waals surface area contributed by atoms with E-state index in [2.05, 4.69) is 0 Å². The molecule has 0 saturated heterocycles. The van der Waals surface area contributed by atoms with E-state index in [0.29, 0.717) is 0 Å². The molecule has 0 saturated carbocycles. The molecule has 118 valence electrons. The van der Waals surface area contributed by atoms with Crippen LogP contribution >= 0.6 is 0 Å². The number of methoxy groups -OCH3 is 1. The summed E-state index contributed by atoms with van der Waals surface area (Å²) in [7, 11) is -0.394. The minimum Gasteiger partial charge on any atom is -0.493 e. The molecule has 9 heteroatoms. The molecule has 2 rings (SSSR count). The molecule has 0 spiro atoms. The van der Waals surface area contributed by atoms with Gasteiger partial charge in [-0.3, -0.25) is 0 Å². The zero-order chi connectivity index (χ0) is 16.5. The van der Waals surface area contributed by atoms with Crippen LogP contribution in [0.2, 0.25) is 0 Å². The van der Waals surface area contributed by atoms with Crippen LogP contribution < -0.4 is 8.92 Å². The van der Waals surface area contributed by atoms with E-state index in [1.165, 1.54) is 33.3 Å². The van der Waals surface area contributed by atoms with E-state index in [1.54, 1.807) is 12.1 Å². The van der Waals surface area contributed by atoms with Crippen molar-refractivity contribution in [2.45, 2.75) is 5.25 Å². The molecule has 1 aliphatic rings. The van der Waals surface area contributed by atoms with Crippen molar-refractivity contribution in [3.8, 4) is 11.5 Å². The number of nitrogens with zero attached hydrogens (tertiary/aromatic N) is 2. The molecule has 0 aromatic heterocycles. The van der Waals surface area contributed by atoms with Crippen molar-refractivity contribution in [1.29, 1.82) is 0 Å². The van der Waals surface area contributed by atoms with Crippen LogP contribution in [-0.2, 0) is 14.9 Å². The van der Waals surface area contributed by atoms with Gasteiger partial charge in [0.1, 0.15) is 6.21 Å². The molecule has 22 heavy (non-hydrogen) atoms. The maximum absolute atomic E-state index is 12.3. The predicted octanol–water partition coefficient (Wildman–Crippen LogP) is 0.0775. The maximum atomic E-state index is 12.3. The molecule has 1 heterocycles. The van der Waals surface area contributed by atoms with Gasteiger partial charge in [0.15, 0.2) is 11.5 Å². The minimum absolute atomic E-state index is 0.0339. The Bertz CT molecular complexity index is 756. The van der Waals surface area contributed by atoms with Gasteiger partial charge in [0, 0.05) is 0 Å². The summed E-state index contributed by atoms with van der Waals surface area (Å²) in [5, 5.41) is -1.61. The molecule has 3 amide bonds. The van der Waals surface area contributed by atoms with Gasteiger partial charge >= 0.3 is 22.1 Å². The normalized spacial score (nSPS) is 19.0. The van der Waals surface area contributed by atoms with Crippen molar-refractivity contribution in [3.63, 3.8) is 0 Å². The molecule has 0 radical (unpaired) electrons. The van der Waals surface area contributed by atoms with Gasteiger partial charge in [-0.25, -0.2) is 9.37 Å². The first kappa shape index (κ1) is 16.0. The second-order valence-electron chi connectivity index (χ2n) is 4.59. The highest BCUT2D eigenvalue weighted by Gasteiger charge is 2.47. The highest BCUT2D eigenvalue weighted by molar-refractivity contribution is 7.89. The maximum Gasteiger partial charge on any atom is 0.500 e. The van der Waals surface area contributed by atoms with Gasteiger partial charge in [-0.15, -0.1) is 0 Å². The number of hydrogen-bond acceptors (Lipinski definition) is 6. The van der Waals surface area contributed by atoms with E-state index in [0.717, 1.165) is 15.7 Å². The van der Waals surface area contributed by atoms with Crippen LogP contribution in [0.5, 0.6) is 11.5 Å². The van der Waals surface area contributed by atoms with Crippen LogP contribution in [0.1, 0.15) is 0 Å². The molecule has 1 aliphatic heterocycles. The second kappa shape index (κ2) is 5.76. The number of urea groups is 1. The van der Waals surface area contributed by atoms with Crippen LogP contribution in [0.3, 0.4) is 0 Å². The van der Waals surface area contributed by atoms with E-state index in [-0.39, 0.29) is 11.5 Å². The zero-order valence-electron chi connectivity index (χ0n) is 12.2. The molecule has 1 aromatic rings. The van der Waals surface area contributed by atoms with Gasteiger partial charge in [0.25, 0.3) is 5.25 Å². The zero-order valence-corrected chi connectivity index (χ0v) is 13.0. The van der Waals surface area contributed by atoms with Gasteiger partial charge < -0.3 is 8.92 Å². The molecule has 1 aromatic carbocycles. The molecule has 0 aliphatic carbocycles. The predicted molar refractivity (Wildman–Crippen MR) is 76.7 cm³/mol. The molecular weight excluding hydrogens is 312 g/mol. The van der Waals surface area contributed by atoms with Gasteiger partial charge in [-0.1, -0.05) is 12.1 Å². The number of imide groups is 1. The number of benzene rings is 1. The first-order chi connectivity index (χ1) is 10.3. The standard InChI is InChI=1S/C13H15N2O6S/c1-14-8-11(12(16)15(2)13(14)17)22(18,19)21-10-7-5-4-6-9(10)20-3/h4-8,11H,1-3H3/q+1. The van der Waals surface area contributed by atoms with Gasteiger partial charge in [-0.05, 0) is 12.1 Å². The van der Waals surface area contributed by atoms with Gasteiger partial charge in [0.2, 0.25) is 0 Å². The fourth-order valence-electron chi connectivity index (χ4n) is 1.91. The van der Waals surface area contributed by atoms with E-state index < -0.39 is 27.3 Å². The van der Waals surface area contributed by atoms with E-state index >= 15 is 0 Å². The fraction of sp³-hybridized carbons (Fsp3) is 0.308.